The van der Waals surface area contributed by atoms with Crippen molar-refractivity contribution in [1.82, 2.24) is 4.31 Å². The summed E-state index contributed by atoms with van der Waals surface area (Å²) in [5, 5.41) is 0.216. The second-order valence-corrected chi connectivity index (χ2v) is 6.87. The van der Waals surface area contributed by atoms with Gasteiger partial charge in [0.05, 0.1) is 5.02 Å². The van der Waals surface area contributed by atoms with Crippen LogP contribution in [-0.2, 0) is 10.0 Å². The van der Waals surface area contributed by atoms with Gasteiger partial charge in [-0.05, 0) is 38.0 Å². The van der Waals surface area contributed by atoms with Crippen LogP contribution < -0.4 is 5.73 Å². The number of nitrogens with zero attached hydrogens (tertiary/aromatic N) is 1. The zero-order valence-corrected chi connectivity index (χ0v) is 13.3. The van der Waals surface area contributed by atoms with Crippen LogP contribution in [0.15, 0.2) is 17.0 Å². The van der Waals surface area contributed by atoms with Gasteiger partial charge in [0.1, 0.15) is 4.90 Å². The van der Waals surface area contributed by atoms with Gasteiger partial charge in [-0.15, -0.1) is 0 Å². The highest BCUT2D eigenvalue weighted by molar-refractivity contribution is 7.89. The molecule has 1 atom stereocenters. The molecular formula is C13H21ClN2O2S. The van der Waals surface area contributed by atoms with E-state index >= 15 is 0 Å². The van der Waals surface area contributed by atoms with Crippen molar-refractivity contribution in [3.8, 4) is 0 Å². The molecule has 0 aromatic heterocycles. The third-order valence-electron chi connectivity index (χ3n) is 3.30. The SMILES string of the molecule is CCC(C)N(CC)S(=O)(=O)c1cc(N)c(C)cc1Cl. The quantitative estimate of drug-likeness (QED) is 0.850. The average molecular weight is 305 g/mol. The van der Waals surface area contributed by atoms with E-state index in [2.05, 4.69) is 0 Å². The number of hydrogen-bond donors (Lipinski definition) is 1. The van der Waals surface area contributed by atoms with Crippen molar-refractivity contribution in [3.63, 3.8) is 0 Å². The summed E-state index contributed by atoms with van der Waals surface area (Å²) >= 11 is 6.07. The number of anilines is 1. The normalized spacial score (nSPS) is 13.8. The molecule has 1 aromatic carbocycles. The maximum absolute atomic E-state index is 12.6. The molecule has 108 valence electrons. The second-order valence-electron chi connectivity index (χ2n) is 4.60. The molecule has 0 saturated heterocycles. The fraction of sp³-hybridized carbons (Fsp3) is 0.538. The van der Waals surface area contributed by atoms with E-state index in [-0.39, 0.29) is 16.0 Å². The van der Waals surface area contributed by atoms with Crippen LogP contribution in [0.25, 0.3) is 0 Å². The summed E-state index contributed by atoms with van der Waals surface area (Å²) in [4.78, 5) is 0.0828. The van der Waals surface area contributed by atoms with Crippen LogP contribution in [0.1, 0.15) is 32.8 Å². The first-order chi connectivity index (χ1) is 8.75. The Balaban J connectivity index is 3.38. The van der Waals surface area contributed by atoms with E-state index < -0.39 is 10.0 Å². The molecule has 0 heterocycles. The van der Waals surface area contributed by atoms with Gasteiger partial charge in [-0.1, -0.05) is 25.4 Å². The number of nitrogen functional groups attached to an aromatic ring is 1. The van der Waals surface area contributed by atoms with Gasteiger partial charge in [0.15, 0.2) is 0 Å². The molecule has 0 spiro atoms. The van der Waals surface area contributed by atoms with Crippen molar-refractivity contribution in [2.24, 2.45) is 0 Å². The van der Waals surface area contributed by atoms with Gasteiger partial charge in [-0.25, -0.2) is 8.42 Å². The molecule has 6 heteroatoms. The molecule has 0 amide bonds. The van der Waals surface area contributed by atoms with Crippen LogP contribution >= 0.6 is 11.6 Å². The molecule has 0 radical (unpaired) electrons. The summed E-state index contributed by atoms with van der Waals surface area (Å²) < 4.78 is 26.7. The number of sulfonamides is 1. The van der Waals surface area contributed by atoms with Gasteiger partial charge in [-0.2, -0.15) is 4.31 Å². The van der Waals surface area contributed by atoms with Crippen LogP contribution in [0.4, 0.5) is 5.69 Å². The summed E-state index contributed by atoms with van der Waals surface area (Å²) in [5.41, 5.74) is 7.00. The summed E-state index contributed by atoms with van der Waals surface area (Å²) in [6.07, 6.45) is 0.742. The summed E-state index contributed by atoms with van der Waals surface area (Å²) in [6, 6.07) is 2.96. The van der Waals surface area contributed by atoms with Gasteiger partial charge >= 0.3 is 0 Å². The van der Waals surface area contributed by atoms with Crippen molar-refractivity contribution in [3.05, 3.63) is 22.7 Å². The fourth-order valence-corrected chi connectivity index (χ4v) is 4.22. The Bertz CT molecular complexity index is 558. The van der Waals surface area contributed by atoms with Gasteiger partial charge in [0.2, 0.25) is 10.0 Å². The number of halogens is 1. The van der Waals surface area contributed by atoms with Crippen LogP contribution in [0.5, 0.6) is 0 Å². The Morgan fingerprint density at radius 1 is 1.37 bits per heavy atom. The van der Waals surface area contributed by atoms with Crippen LogP contribution in [0, 0.1) is 6.92 Å². The Morgan fingerprint density at radius 2 is 1.95 bits per heavy atom. The summed E-state index contributed by atoms with van der Waals surface area (Å²) in [5.74, 6) is 0. The molecule has 2 N–H and O–H groups in total. The highest BCUT2D eigenvalue weighted by atomic mass is 35.5. The largest absolute Gasteiger partial charge is 0.398 e. The van der Waals surface area contributed by atoms with E-state index in [9.17, 15) is 8.42 Å². The standard InChI is InChI=1S/C13H21ClN2O2S/c1-5-10(4)16(6-2)19(17,18)13-8-12(15)9(3)7-11(13)14/h7-8,10H,5-6,15H2,1-4H3. The molecule has 0 saturated carbocycles. The minimum absolute atomic E-state index is 0.0754. The molecule has 1 unspecified atom stereocenters. The van der Waals surface area contributed by atoms with E-state index in [1.54, 1.807) is 13.0 Å². The number of hydrogen-bond acceptors (Lipinski definition) is 3. The molecule has 4 nitrogen and oxygen atoms in total. The lowest BCUT2D eigenvalue weighted by Crippen LogP contribution is -2.38. The second kappa shape index (κ2) is 6.11. The molecule has 0 aliphatic carbocycles. The average Bonchev–Trinajstić information content (AvgIpc) is 2.33. The van der Waals surface area contributed by atoms with Crippen molar-refractivity contribution in [2.45, 2.75) is 45.1 Å². The number of aryl methyl sites for hydroxylation is 1. The minimum atomic E-state index is -3.61. The highest BCUT2D eigenvalue weighted by Gasteiger charge is 2.29. The Hall–Kier alpha value is -0.780. The molecule has 0 aliphatic rings. The third-order valence-corrected chi connectivity index (χ3v) is 5.86. The maximum atomic E-state index is 12.6. The topological polar surface area (TPSA) is 63.4 Å². The lowest BCUT2D eigenvalue weighted by atomic mass is 10.2. The molecular weight excluding hydrogens is 284 g/mol. The highest BCUT2D eigenvalue weighted by Crippen LogP contribution is 2.30. The van der Waals surface area contributed by atoms with Gasteiger partial charge < -0.3 is 5.73 Å². The van der Waals surface area contributed by atoms with Gasteiger partial charge in [-0.3, -0.25) is 0 Å². The maximum Gasteiger partial charge on any atom is 0.244 e. The fourth-order valence-electron chi connectivity index (χ4n) is 1.91. The van der Waals surface area contributed by atoms with E-state index in [0.717, 1.165) is 12.0 Å². The number of rotatable bonds is 5. The number of benzene rings is 1. The zero-order chi connectivity index (χ0) is 14.8. The van der Waals surface area contributed by atoms with E-state index in [4.69, 9.17) is 17.3 Å². The molecule has 1 aromatic rings. The van der Waals surface area contributed by atoms with Crippen LogP contribution in [0.2, 0.25) is 5.02 Å². The predicted molar refractivity (Wildman–Crippen MR) is 79.9 cm³/mol. The Kier molecular flexibility index (Phi) is 5.24. The Morgan fingerprint density at radius 3 is 2.42 bits per heavy atom. The first-order valence-electron chi connectivity index (χ1n) is 6.33. The van der Waals surface area contributed by atoms with Crippen molar-refractivity contribution in [1.29, 1.82) is 0 Å². The molecule has 0 bridgehead atoms. The summed E-state index contributed by atoms with van der Waals surface area (Å²) in [7, 11) is -3.61. The predicted octanol–water partition coefficient (Wildman–Crippen LogP) is 3.04. The van der Waals surface area contributed by atoms with E-state index in [1.807, 2.05) is 20.8 Å². The number of nitrogens with two attached hydrogens (primary N) is 1. The monoisotopic (exact) mass is 304 g/mol. The molecule has 1 rings (SSSR count). The minimum Gasteiger partial charge on any atom is -0.398 e. The van der Waals surface area contributed by atoms with Crippen molar-refractivity contribution < 1.29 is 8.42 Å². The lowest BCUT2D eigenvalue weighted by Gasteiger charge is -2.27. The first kappa shape index (κ1) is 16.3. The zero-order valence-electron chi connectivity index (χ0n) is 11.8. The molecule has 19 heavy (non-hydrogen) atoms. The van der Waals surface area contributed by atoms with Crippen molar-refractivity contribution in [2.75, 3.05) is 12.3 Å². The molecule has 0 fully saturated rings. The smallest absolute Gasteiger partial charge is 0.244 e. The van der Waals surface area contributed by atoms with Gasteiger partial charge in [0.25, 0.3) is 0 Å². The van der Waals surface area contributed by atoms with Crippen LogP contribution in [0.3, 0.4) is 0 Å². The summed E-state index contributed by atoms with van der Waals surface area (Å²) in [6.45, 7) is 7.85. The molecule has 0 aliphatic heterocycles. The Labute approximate surface area is 120 Å². The van der Waals surface area contributed by atoms with E-state index in [0.29, 0.717) is 12.2 Å². The lowest BCUT2D eigenvalue weighted by molar-refractivity contribution is 0.342. The van der Waals surface area contributed by atoms with E-state index in [1.165, 1.54) is 10.4 Å². The first-order valence-corrected chi connectivity index (χ1v) is 8.14. The third kappa shape index (κ3) is 3.22. The van der Waals surface area contributed by atoms with Crippen molar-refractivity contribution >= 4 is 27.3 Å². The van der Waals surface area contributed by atoms with Crippen LogP contribution in [-0.4, -0.2) is 25.3 Å². The van der Waals surface area contributed by atoms with Gasteiger partial charge in [0, 0.05) is 18.3 Å².